The molecule has 2 heterocycles. The summed E-state index contributed by atoms with van der Waals surface area (Å²) in [6.07, 6.45) is -0.742. The number of rotatable bonds is 2. The van der Waals surface area contributed by atoms with Gasteiger partial charge in [-0.1, -0.05) is 0 Å². The molecule has 1 aliphatic carbocycles. The average molecular weight is 225 g/mol. The van der Waals surface area contributed by atoms with E-state index in [0.717, 1.165) is 45.2 Å². The second-order valence-corrected chi connectivity index (χ2v) is 5.23. The highest BCUT2D eigenvalue weighted by molar-refractivity contribution is 5.65. The van der Waals surface area contributed by atoms with E-state index in [9.17, 15) is 4.79 Å². The van der Waals surface area contributed by atoms with Crippen LogP contribution in [0.15, 0.2) is 0 Å². The van der Waals surface area contributed by atoms with Crippen LogP contribution in [0.2, 0.25) is 0 Å². The van der Waals surface area contributed by atoms with Crippen molar-refractivity contribution in [3.63, 3.8) is 0 Å². The van der Waals surface area contributed by atoms with E-state index >= 15 is 0 Å². The topological polar surface area (TPSA) is 55.8 Å². The number of likely N-dealkylation sites (tertiary alicyclic amines) is 1. The highest BCUT2D eigenvalue weighted by Gasteiger charge is 2.56. The van der Waals surface area contributed by atoms with Crippen LogP contribution < -0.4 is 5.32 Å². The summed E-state index contributed by atoms with van der Waals surface area (Å²) < 4.78 is 0. The number of fused-ring (bicyclic) bond motifs is 1. The van der Waals surface area contributed by atoms with Crippen molar-refractivity contribution in [3.05, 3.63) is 0 Å². The standard InChI is InChI=1S/C11H19N3O2/c15-11(16)14-6-9-8(10(9)7-14)5-13-3-1-12-2-4-13/h8-10,12H,1-7H2,(H,15,16)/t8-,9+,10-. The van der Waals surface area contributed by atoms with E-state index < -0.39 is 6.09 Å². The number of nitrogens with zero attached hydrogens (tertiary/aromatic N) is 2. The van der Waals surface area contributed by atoms with Crippen LogP contribution in [0.3, 0.4) is 0 Å². The molecular weight excluding hydrogens is 206 g/mol. The third-order valence-corrected chi connectivity index (χ3v) is 4.32. The molecule has 3 fully saturated rings. The molecule has 0 aromatic heterocycles. The van der Waals surface area contributed by atoms with E-state index in [2.05, 4.69) is 10.2 Å². The van der Waals surface area contributed by atoms with Crippen molar-refractivity contribution in [1.29, 1.82) is 0 Å². The molecule has 0 aromatic carbocycles. The number of piperazine rings is 1. The van der Waals surface area contributed by atoms with Crippen LogP contribution in [0.5, 0.6) is 0 Å². The smallest absolute Gasteiger partial charge is 0.407 e. The first-order chi connectivity index (χ1) is 7.75. The molecule has 0 aromatic rings. The maximum absolute atomic E-state index is 10.8. The molecule has 0 unspecified atom stereocenters. The molecule has 3 aliphatic rings. The van der Waals surface area contributed by atoms with Crippen molar-refractivity contribution in [2.24, 2.45) is 17.8 Å². The molecule has 90 valence electrons. The zero-order chi connectivity index (χ0) is 11.1. The number of hydrogen-bond donors (Lipinski definition) is 2. The molecule has 0 bridgehead atoms. The maximum atomic E-state index is 10.8. The molecule has 1 amide bonds. The molecule has 16 heavy (non-hydrogen) atoms. The quantitative estimate of drug-likeness (QED) is 0.680. The SMILES string of the molecule is O=C(O)N1C[C@@H]2[C@H](CN3CCNCC3)[C@@H]2C1. The first-order valence-corrected chi connectivity index (χ1v) is 6.16. The van der Waals surface area contributed by atoms with Gasteiger partial charge in [-0.3, -0.25) is 0 Å². The third-order valence-electron chi connectivity index (χ3n) is 4.32. The van der Waals surface area contributed by atoms with Gasteiger partial charge in [0, 0.05) is 45.8 Å². The summed E-state index contributed by atoms with van der Waals surface area (Å²) in [4.78, 5) is 14.9. The fourth-order valence-corrected chi connectivity index (χ4v) is 3.27. The molecule has 2 aliphatic heterocycles. The lowest BCUT2D eigenvalue weighted by Crippen LogP contribution is -2.45. The summed E-state index contributed by atoms with van der Waals surface area (Å²) in [6, 6.07) is 0. The van der Waals surface area contributed by atoms with Gasteiger partial charge in [-0.15, -0.1) is 0 Å². The zero-order valence-electron chi connectivity index (χ0n) is 9.43. The minimum atomic E-state index is -0.742. The molecule has 5 heteroatoms. The Kier molecular flexibility index (Phi) is 2.52. The van der Waals surface area contributed by atoms with E-state index in [1.54, 1.807) is 4.90 Å². The first-order valence-electron chi connectivity index (χ1n) is 6.16. The second-order valence-electron chi connectivity index (χ2n) is 5.23. The van der Waals surface area contributed by atoms with E-state index in [4.69, 9.17) is 5.11 Å². The van der Waals surface area contributed by atoms with E-state index in [-0.39, 0.29) is 0 Å². The normalized spacial score (nSPS) is 38.5. The van der Waals surface area contributed by atoms with Crippen molar-refractivity contribution in [1.82, 2.24) is 15.1 Å². The predicted octanol–water partition coefficient (Wildman–Crippen LogP) is -0.253. The van der Waals surface area contributed by atoms with Gasteiger partial charge < -0.3 is 20.2 Å². The van der Waals surface area contributed by atoms with Crippen LogP contribution in [0.4, 0.5) is 4.79 Å². The summed E-state index contributed by atoms with van der Waals surface area (Å²) >= 11 is 0. The van der Waals surface area contributed by atoms with Crippen molar-refractivity contribution in [2.75, 3.05) is 45.8 Å². The minimum absolute atomic E-state index is 0.658. The summed E-state index contributed by atoms with van der Waals surface area (Å²) in [5.41, 5.74) is 0. The number of carboxylic acid groups (broad SMARTS) is 1. The lowest BCUT2D eigenvalue weighted by molar-refractivity contribution is 0.144. The Morgan fingerprint density at radius 1 is 1.25 bits per heavy atom. The lowest BCUT2D eigenvalue weighted by Gasteiger charge is -2.28. The van der Waals surface area contributed by atoms with Gasteiger partial charge >= 0.3 is 6.09 Å². The molecular formula is C11H19N3O2. The Bertz CT molecular complexity index is 279. The Morgan fingerprint density at radius 3 is 2.44 bits per heavy atom. The molecule has 0 radical (unpaired) electrons. The first kappa shape index (κ1) is 10.4. The molecule has 3 atom stereocenters. The summed E-state index contributed by atoms with van der Waals surface area (Å²) in [7, 11) is 0. The molecule has 1 saturated carbocycles. The molecule has 2 saturated heterocycles. The van der Waals surface area contributed by atoms with Crippen LogP contribution in [-0.2, 0) is 0 Å². The van der Waals surface area contributed by atoms with Gasteiger partial charge in [0.05, 0.1) is 0 Å². The predicted molar refractivity (Wildman–Crippen MR) is 59.4 cm³/mol. The Labute approximate surface area is 95.4 Å². The van der Waals surface area contributed by atoms with Crippen molar-refractivity contribution in [2.45, 2.75) is 0 Å². The maximum Gasteiger partial charge on any atom is 0.407 e. The Hall–Kier alpha value is -0.810. The van der Waals surface area contributed by atoms with E-state index in [0.29, 0.717) is 11.8 Å². The van der Waals surface area contributed by atoms with Gasteiger partial charge in [0.2, 0.25) is 0 Å². The van der Waals surface area contributed by atoms with Crippen LogP contribution in [0.25, 0.3) is 0 Å². The number of nitrogens with one attached hydrogen (secondary N) is 1. The third kappa shape index (κ3) is 1.78. The fraction of sp³-hybridized carbons (Fsp3) is 0.909. The number of amides is 1. The highest BCUT2D eigenvalue weighted by Crippen LogP contribution is 2.51. The van der Waals surface area contributed by atoms with Gasteiger partial charge in [-0.2, -0.15) is 0 Å². The number of piperidine rings is 1. The highest BCUT2D eigenvalue weighted by atomic mass is 16.4. The van der Waals surface area contributed by atoms with E-state index in [1.165, 1.54) is 6.54 Å². The number of carbonyl (C=O) groups is 1. The molecule has 2 N–H and O–H groups in total. The largest absolute Gasteiger partial charge is 0.465 e. The number of hydrogen-bond acceptors (Lipinski definition) is 3. The minimum Gasteiger partial charge on any atom is -0.465 e. The fourth-order valence-electron chi connectivity index (χ4n) is 3.27. The average Bonchev–Trinajstić information content (AvgIpc) is 2.76. The zero-order valence-corrected chi connectivity index (χ0v) is 9.43. The van der Waals surface area contributed by atoms with Crippen LogP contribution in [0, 0.1) is 17.8 Å². The Balaban J connectivity index is 1.46. The van der Waals surface area contributed by atoms with E-state index in [1.807, 2.05) is 0 Å². The Morgan fingerprint density at radius 2 is 1.88 bits per heavy atom. The van der Waals surface area contributed by atoms with Crippen LogP contribution in [0.1, 0.15) is 0 Å². The van der Waals surface area contributed by atoms with Gasteiger partial charge in [0.15, 0.2) is 0 Å². The summed E-state index contributed by atoms with van der Waals surface area (Å²) in [6.45, 7) is 7.24. The van der Waals surface area contributed by atoms with Gasteiger partial charge in [-0.05, 0) is 17.8 Å². The van der Waals surface area contributed by atoms with Crippen molar-refractivity contribution in [3.8, 4) is 0 Å². The second kappa shape index (κ2) is 3.89. The van der Waals surface area contributed by atoms with Gasteiger partial charge in [0.25, 0.3) is 0 Å². The van der Waals surface area contributed by atoms with Crippen LogP contribution in [-0.4, -0.2) is 66.8 Å². The van der Waals surface area contributed by atoms with Crippen molar-refractivity contribution >= 4 is 6.09 Å². The molecule has 0 spiro atoms. The molecule has 5 nitrogen and oxygen atoms in total. The monoisotopic (exact) mass is 225 g/mol. The van der Waals surface area contributed by atoms with Crippen LogP contribution >= 0.6 is 0 Å². The lowest BCUT2D eigenvalue weighted by atomic mass is 10.2. The summed E-state index contributed by atoms with van der Waals surface area (Å²) in [5, 5.41) is 12.2. The van der Waals surface area contributed by atoms with Gasteiger partial charge in [0.1, 0.15) is 0 Å². The summed E-state index contributed by atoms with van der Waals surface area (Å²) in [5.74, 6) is 2.09. The molecule has 3 rings (SSSR count). The van der Waals surface area contributed by atoms with Gasteiger partial charge in [-0.25, -0.2) is 4.79 Å². The van der Waals surface area contributed by atoms with Crippen molar-refractivity contribution < 1.29 is 9.90 Å².